The van der Waals surface area contributed by atoms with Crippen LogP contribution in [0.3, 0.4) is 0 Å². The molecule has 4 aromatic rings. The minimum atomic E-state index is -0.716. The first-order valence-electron chi connectivity index (χ1n) is 11.4. The van der Waals surface area contributed by atoms with Gasteiger partial charge in [-0.05, 0) is 28.7 Å². The van der Waals surface area contributed by atoms with Crippen LogP contribution < -0.4 is 5.32 Å². The van der Waals surface area contributed by atoms with Crippen LogP contribution >= 0.6 is 22.6 Å². The number of carbonyl (C=O) groups excluding carboxylic acids is 1. The third kappa shape index (κ3) is 5.57. The van der Waals surface area contributed by atoms with Crippen LogP contribution in [0.15, 0.2) is 121 Å². The number of alkyl halides is 1. The van der Waals surface area contributed by atoms with Crippen LogP contribution in [-0.2, 0) is 21.7 Å². The lowest BCUT2D eigenvalue weighted by molar-refractivity contribution is -0.148. The van der Waals surface area contributed by atoms with Crippen LogP contribution in [-0.4, -0.2) is 16.4 Å². The van der Waals surface area contributed by atoms with E-state index in [4.69, 9.17) is 4.74 Å². The molecule has 34 heavy (non-hydrogen) atoms. The molecule has 4 rings (SSSR count). The molecular weight excluding hydrogens is 533 g/mol. The summed E-state index contributed by atoms with van der Waals surface area (Å²) < 4.78 is 6.62. The number of ether oxygens (including phenoxy) is 1. The van der Waals surface area contributed by atoms with Crippen molar-refractivity contribution in [1.82, 2.24) is 5.32 Å². The van der Waals surface area contributed by atoms with Crippen LogP contribution in [0.2, 0.25) is 0 Å². The Labute approximate surface area is 215 Å². The Hall–Kier alpha value is -2.96. The van der Waals surface area contributed by atoms with E-state index < -0.39 is 11.6 Å². The normalized spacial score (nSPS) is 12.1. The number of benzene rings is 4. The van der Waals surface area contributed by atoms with Crippen molar-refractivity contribution in [2.45, 2.75) is 24.6 Å². The van der Waals surface area contributed by atoms with Gasteiger partial charge in [0, 0.05) is 4.43 Å². The zero-order valence-electron chi connectivity index (χ0n) is 18.9. The van der Waals surface area contributed by atoms with Gasteiger partial charge in [-0.1, -0.05) is 144 Å². The Morgan fingerprint density at radius 3 is 1.53 bits per heavy atom. The number of nitrogens with one attached hydrogen (secondary N) is 1. The maximum absolute atomic E-state index is 13.4. The number of rotatable bonds is 10. The van der Waals surface area contributed by atoms with Crippen LogP contribution in [0.5, 0.6) is 0 Å². The number of hydrogen-bond donors (Lipinski definition) is 1. The molecule has 1 atom stereocenters. The van der Waals surface area contributed by atoms with Gasteiger partial charge in [0.25, 0.3) is 0 Å². The Morgan fingerprint density at radius 1 is 0.706 bits per heavy atom. The Kier molecular flexibility index (Phi) is 8.50. The SMILES string of the molecule is O=C(OCc1ccccc1)[C@H](CCI)NC(c1ccccc1)(c1ccccc1)c1ccccc1. The van der Waals surface area contributed by atoms with Gasteiger partial charge in [-0.25, -0.2) is 0 Å². The monoisotopic (exact) mass is 561 g/mol. The fourth-order valence-corrected chi connectivity index (χ4v) is 4.89. The molecule has 0 aliphatic rings. The van der Waals surface area contributed by atoms with Crippen molar-refractivity contribution >= 4 is 28.6 Å². The number of carbonyl (C=O) groups is 1. The molecule has 0 fully saturated rings. The van der Waals surface area contributed by atoms with E-state index in [1.807, 2.05) is 84.9 Å². The summed E-state index contributed by atoms with van der Waals surface area (Å²) in [5.74, 6) is -0.243. The van der Waals surface area contributed by atoms with Gasteiger partial charge < -0.3 is 4.74 Å². The van der Waals surface area contributed by atoms with Gasteiger partial charge in [0.05, 0.1) is 5.54 Å². The molecule has 4 heteroatoms. The molecule has 0 spiro atoms. The van der Waals surface area contributed by atoms with Crippen LogP contribution in [0.25, 0.3) is 0 Å². The number of esters is 1. The summed E-state index contributed by atoms with van der Waals surface area (Å²) >= 11 is 2.32. The van der Waals surface area contributed by atoms with E-state index >= 15 is 0 Å². The molecule has 0 radical (unpaired) electrons. The number of halogens is 1. The van der Waals surface area contributed by atoms with Crippen molar-refractivity contribution < 1.29 is 9.53 Å². The average Bonchev–Trinajstić information content (AvgIpc) is 2.92. The molecule has 0 aliphatic carbocycles. The first kappa shape index (κ1) is 24.2. The van der Waals surface area contributed by atoms with E-state index in [9.17, 15) is 4.79 Å². The molecule has 1 N–H and O–H groups in total. The van der Waals surface area contributed by atoms with Crippen molar-refractivity contribution in [1.29, 1.82) is 0 Å². The topological polar surface area (TPSA) is 38.3 Å². The van der Waals surface area contributed by atoms with Gasteiger partial charge >= 0.3 is 5.97 Å². The predicted octanol–water partition coefficient (Wildman–Crippen LogP) is 6.51. The van der Waals surface area contributed by atoms with E-state index in [1.165, 1.54) is 0 Å². The average molecular weight is 561 g/mol. The zero-order chi connectivity index (χ0) is 23.6. The van der Waals surface area contributed by atoms with Gasteiger partial charge in [-0.3, -0.25) is 10.1 Å². The van der Waals surface area contributed by atoms with Gasteiger partial charge in [0.1, 0.15) is 12.6 Å². The van der Waals surface area contributed by atoms with Crippen molar-refractivity contribution in [3.8, 4) is 0 Å². The molecule has 0 unspecified atom stereocenters. The molecule has 0 aliphatic heterocycles. The second-order valence-electron chi connectivity index (χ2n) is 8.12. The fourth-order valence-electron chi connectivity index (χ4n) is 4.26. The highest BCUT2D eigenvalue weighted by molar-refractivity contribution is 14.1. The van der Waals surface area contributed by atoms with E-state index in [-0.39, 0.29) is 12.6 Å². The molecule has 4 aromatic carbocycles. The van der Waals surface area contributed by atoms with Gasteiger partial charge in [0.2, 0.25) is 0 Å². The zero-order valence-corrected chi connectivity index (χ0v) is 21.1. The summed E-state index contributed by atoms with van der Waals surface area (Å²) in [6, 6.07) is 40.3. The lowest BCUT2D eigenvalue weighted by Crippen LogP contribution is -2.53. The van der Waals surface area contributed by atoms with Crippen LogP contribution in [0.4, 0.5) is 0 Å². The second kappa shape index (κ2) is 12.0. The lowest BCUT2D eigenvalue weighted by Gasteiger charge is -2.39. The summed E-state index contributed by atoms with van der Waals surface area (Å²) in [6.07, 6.45) is 0.655. The summed E-state index contributed by atoms with van der Waals surface area (Å²) in [6.45, 7) is 0.258. The highest BCUT2D eigenvalue weighted by Crippen LogP contribution is 2.37. The van der Waals surface area contributed by atoms with Crippen molar-refractivity contribution in [3.63, 3.8) is 0 Å². The Balaban J connectivity index is 1.76. The standard InChI is InChI=1S/C30H28INO2/c31-22-21-28(29(33)34-23-24-13-5-1-6-14-24)32-30(25-15-7-2-8-16-25,26-17-9-3-10-18-26)27-19-11-4-12-20-27/h1-20,28,32H,21-23H2/t28-/m0/s1. The van der Waals surface area contributed by atoms with Gasteiger partial charge in [-0.15, -0.1) is 0 Å². The van der Waals surface area contributed by atoms with Crippen LogP contribution in [0, 0.1) is 0 Å². The Bertz CT molecular complexity index is 1050. The van der Waals surface area contributed by atoms with Gasteiger partial charge in [-0.2, -0.15) is 0 Å². The number of hydrogen-bond acceptors (Lipinski definition) is 3. The maximum Gasteiger partial charge on any atom is 0.323 e. The molecule has 0 amide bonds. The molecule has 0 heterocycles. The van der Waals surface area contributed by atoms with Crippen LogP contribution in [0.1, 0.15) is 28.7 Å². The van der Waals surface area contributed by atoms with Crippen molar-refractivity contribution in [3.05, 3.63) is 144 Å². The summed E-state index contributed by atoms with van der Waals surface area (Å²) in [7, 11) is 0. The van der Waals surface area contributed by atoms with E-state index in [2.05, 4.69) is 64.3 Å². The second-order valence-corrected chi connectivity index (χ2v) is 9.19. The summed E-state index contributed by atoms with van der Waals surface area (Å²) in [5, 5.41) is 3.77. The quantitative estimate of drug-likeness (QED) is 0.104. The minimum absolute atomic E-state index is 0.243. The molecule has 0 aromatic heterocycles. The molecule has 0 saturated carbocycles. The third-order valence-electron chi connectivity index (χ3n) is 5.92. The smallest absolute Gasteiger partial charge is 0.323 e. The minimum Gasteiger partial charge on any atom is -0.460 e. The van der Waals surface area contributed by atoms with Gasteiger partial charge in [0.15, 0.2) is 0 Å². The lowest BCUT2D eigenvalue weighted by atomic mass is 9.76. The van der Waals surface area contributed by atoms with E-state index in [1.54, 1.807) is 0 Å². The molecule has 0 saturated heterocycles. The first-order chi connectivity index (χ1) is 16.7. The summed E-state index contributed by atoms with van der Waals surface area (Å²) in [5.41, 5.74) is 3.47. The third-order valence-corrected chi connectivity index (χ3v) is 6.54. The molecule has 0 bridgehead atoms. The molecule has 3 nitrogen and oxygen atoms in total. The fraction of sp³-hybridized carbons (Fsp3) is 0.167. The highest BCUT2D eigenvalue weighted by atomic mass is 127. The Morgan fingerprint density at radius 2 is 1.12 bits per heavy atom. The largest absolute Gasteiger partial charge is 0.460 e. The summed E-state index contributed by atoms with van der Waals surface area (Å²) in [4.78, 5) is 13.4. The molecular formula is C30H28INO2. The van der Waals surface area contributed by atoms with E-state index in [0.717, 1.165) is 26.7 Å². The predicted molar refractivity (Wildman–Crippen MR) is 146 cm³/mol. The molecule has 172 valence electrons. The van der Waals surface area contributed by atoms with Crippen molar-refractivity contribution in [2.24, 2.45) is 0 Å². The van der Waals surface area contributed by atoms with Crippen molar-refractivity contribution in [2.75, 3.05) is 4.43 Å². The first-order valence-corrected chi connectivity index (χ1v) is 13.0. The maximum atomic E-state index is 13.4. The highest BCUT2D eigenvalue weighted by Gasteiger charge is 2.40. The van der Waals surface area contributed by atoms with E-state index in [0.29, 0.717) is 6.42 Å².